The van der Waals surface area contributed by atoms with Crippen LogP contribution in [-0.2, 0) is 11.2 Å². The molecule has 1 aliphatic heterocycles. The first-order chi connectivity index (χ1) is 25.1. The van der Waals surface area contributed by atoms with E-state index in [-0.39, 0.29) is 36.4 Å². The summed E-state index contributed by atoms with van der Waals surface area (Å²) < 4.78 is 147. The molecule has 5 rings (SSSR count). The highest BCUT2D eigenvalue weighted by Crippen LogP contribution is 2.66. The van der Waals surface area contributed by atoms with E-state index in [1.807, 2.05) is 13.1 Å². The van der Waals surface area contributed by atoms with Crippen molar-refractivity contribution in [2.45, 2.75) is 165 Å². The second-order valence-electron chi connectivity index (χ2n) is 17.1. The highest BCUT2D eigenvalue weighted by molar-refractivity contribution is 5.43. The van der Waals surface area contributed by atoms with Crippen LogP contribution >= 0.6 is 0 Å². The summed E-state index contributed by atoms with van der Waals surface area (Å²) >= 11 is 0. The van der Waals surface area contributed by atoms with Gasteiger partial charge in [0.2, 0.25) is 0 Å². The van der Waals surface area contributed by atoms with Crippen LogP contribution < -0.4 is 4.74 Å². The van der Waals surface area contributed by atoms with Gasteiger partial charge in [0.1, 0.15) is 11.4 Å². The normalized spacial score (nSPS) is 32.0. The fourth-order valence-electron chi connectivity index (χ4n) is 10.3. The van der Waals surface area contributed by atoms with Crippen LogP contribution in [-0.4, -0.2) is 78.8 Å². The molecule has 1 N–H and O–H groups in total. The van der Waals surface area contributed by atoms with Gasteiger partial charge in [-0.2, -0.15) is 39.5 Å². The Morgan fingerprint density at radius 1 is 0.852 bits per heavy atom. The maximum Gasteiger partial charge on any atom is 0.460 e. The van der Waals surface area contributed by atoms with E-state index in [1.165, 1.54) is 0 Å². The number of hydrogen-bond donors (Lipinski definition) is 1. The van der Waals surface area contributed by atoms with Crippen molar-refractivity contribution in [3.05, 3.63) is 29.3 Å². The minimum Gasteiger partial charge on any atom is -0.465 e. The number of ether oxygens (including phenoxy) is 2. The lowest BCUT2D eigenvalue weighted by molar-refractivity contribution is -0.396. The Balaban J connectivity index is 1.10. The second-order valence-corrected chi connectivity index (χ2v) is 17.1. The zero-order valence-corrected chi connectivity index (χ0v) is 31.6. The average Bonchev–Trinajstić information content (AvgIpc) is 3.37. The molecule has 1 unspecified atom stereocenters. The van der Waals surface area contributed by atoms with Crippen molar-refractivity contribution in [2.75, 3.05) is 26.7 Å². The Labute approximate surface area is 312 Å². The lowest BCUT2D eigenvalue weighted by Gasteiger charge is -2.57. The number of alkyl halides is 10. The van der Waals surface area contributed by atoms with Gasteiger partial charge in [0, 0.05) is 18.8 Å². The number of benzene rings is 1. The molecule has 0 spiro atoms. The van der Waals surface area contributed by atoms with E-state index < -0.39 is 54.0 Å². The molecule has 14 heteroatoms. The van der Waals surface area contributed by atoms with E-state index in [0.29, 0.717) is 38.8 Å². The summed E-state index contributed by atoms with van der Waals surface area (Å²) in [6.07, 6.45) is 0.105. The summed E-state index contributed by atoms with van der Waals surface area (Å²) in [5.41, 5.74) is 0.216. The van der Waals surface area contributed by atoms with Gasteiger partial charge in [-0.15, -0.1) is 0 Å². The minimum absolute atomic E-state index is 0.0131. The van der Waals surface area contributed by atoms with Crippen LogP contribution in [0.2, 0.25) is 0 Å². The van der Waals surface area contributed by atoms with Crippen molar-refractivity contribution < 1.29 is 58.5 Å². The first-order valence-corrected chi connectivity index (χ1v) is 19.8. The van der Waals surface area contributed by atoms with E-state index in [0.717, 1.165) is 81.2 Å². The minimum atomic E-state index is -6.84. The van der Waals surface area contributed by atoms with Gasteiger partial charge in [0.15, 0.2) is 6.29 Å². The number of fused-ring (bicyclic) bond motifs is 5. The number of halogens is 10. The number of nitrogens with zero attached hydrogens (tertiary/aromatic N) is 1. The van der Waals surface area contributed by atoms with Gasteiger partial charge >= 0.3 is 23.9 Å². The number of hydrogen-bond acceptors (Lipinski definition) is 4. The molecule has 1 aromatic rings. The molecule has 3 aliphatic carbocycles. The Kier molecular flexibility index (Phi) is 13.3. The van der Waals surface area contributed by atoms with Crippen molar-refractivity contribution in [3.8, 4) is 5.75 Å². The third-order valence-electron chi connectivity index (χ3n) is 13.1. The highest BCUT2D eigenvalue weighted by Gasteiger charge is 2.81. The quantitative estimate of drug-likeness (QED) is 0.126. The predicted molar refractivity (Wildman–Crippen MR) is 185 cm³/mol. The Morgan fingerprint density at radius 3 is 2.17 bits per heavy atom. The summed E-state index contributed by atoms with van der Waals surface area (Å²) in [5.74, 6) is -17.9. The van der Waals surface area contributed by atoms with Crippen LogP contribution in [0.1, 0.15) is 127 Å². The van der Waals surface area contributed by atoms with E-state index in [4.69, 9.17) is 9.47 Å². The van der Waals surface area contributed by atoms with Gasteiger partial charge in [-0.1, -0.05) is 38.7 Å². The standard InChI is InChI=1S/C40H57F10NO3/c1-35-25-36(2,41)34-29-16-15-28(54-32-14-8-12-22-53-32)24-27(29)23-26(33(34)30(35)17-18-31(35)52)13-7-6-11-21-51(3)20-10-5-4-9-19-37(42,43)38(44,45)39(46,47)40(48,49)50/h15-16,24,26,30-34,52H,4-14,17-23,25H2,1-3H3/t26-,30+,31+,32?,33+,34-,35+,36+/m1/s1. The molecule has 0 bridgehead atoms. The molecule has 8 atom stereocenters. The average molecular weight is 790 g/mol. The highest BCUT2D eigenvalue weighted by atomic mass is 19.4. The first-order valence-electron chi connectivity index (χ1n) is 19.8. The third-order valence-corrected chi connectivity index (χ3v) is 13.1. The van der Waals surface area contributed by atoms with Crippen molar-refractivity contribution in [1.82, 2.24) is 4.90 Å². The lowest BCUT2D eigenvalue weighted by atomic mass is 9.48. The molecular weight excluding hydrogens is 732 g/mol. The van der Waals surface area contributed by atoms with Gasteiger partial charge in [-0.05, 0) is 138 Å². The molecule has 2 saturated carbocycles. The molecule has 1 aromatic carbocycles. The van der Waals surface area contributed by atoms with Crippen molar-refractivity contribution in [1.29, 1.82) is 0 Å². The maximum atomic E-state index is 17.0. The molecular formula is C40H57F10NO3. The van der Waals surface area contributed by atoms with Crippen LogP contribution in [0.4, 0.5) is 43.9 Å². The molecule has 1 saturated heterocycles. The molecule has 0 radical (unpaired) electrons. The van der Waals surface area contributed by atoms with Gasteiger partial charge in [0.05, 0.1) is 12.7 Å². The Morgan fingerprint density at radius 2 is 1.52 bits per heavy atom. The molecule has 3 fully saturated rings. The van der Waals surface area contributed by atoms with Crippen LogP contribution in [0.15, 0.2) is 18.2 Å². The molecule has 0 amide bonds. The zero-order chi connectivity index (χ0) is 39.7. The van der Waals surface area contributed by atoms with Crippen molar-refractivity contribution in [3.63, 3.8) is 0 Å². The maximum absolute atomic E-state index is 17.0. The van der Waals surface area contributed by atoms with E-state index in [1.54, 1.807) is 6.92 Å². The van der Waals surface area contributed by atoms with E-state index >= 15 is 4.39 Å². The van der Waals surface area contributed by atoms with Gasteiger partial charge in [-0.3, -0.25) is 0 Å². The largest absolute Gasteiger partial charge is 0.465 e. The molecule has 0 aromatic heterocycles. The van der Waals surface area contributed by atoms with E-state index in [2.05, 4.69) is 24.0 Å². The third kappa shape index (κ3) is 8.85. The molecule has 4 nitrogen and oxygen atoms in total. The number of rotatable bonds is 17. The second kappa shape index (κ2) is 16.6. The van der Waals surface area contributed by atoms with Crippen molar-refractivity contribution in [2.24, 2.45) is 23.2 Å². The topological polar surface area (TPSA) is 41.9 Å². The fraction of sp³-hybridized carbons (Fsp3) is 0.850. The summed E-state index contributed by atoms with van der Waals surface area (Å²) in [6, 6.07) is 6.08. The lowest BCUT2D eigenvalue weighted by Crippen LogP contribution is -2.60. The Bertz CT molecular complexity index is 1380. The molecule has 310 valence electrons. The zero-order valence-electron chi connectivity index (χ0n) is 31.6. The number of unbranched alkanes of at least 4 members (excludes halogenated alkanes) is 5. The van der Waals surface area contributed by atoms with Crippen LogP contribution in [0.5, 0.6) is 5.75 Å². The summed E-state index contributed by atoms with van der Waals surface area (Å²) in [5, 5.41) is 11.1. The van der Waals surface area contributed by atoms with E-state index in [9.17, 15) is 44.6 Å². The summed E-state index contributed by atoms with van der Waals surface area (Å²) in [6.45, 7) is 5.78. The summed E-state index contributed by atoms with van der Waals surface area (Å²) in [7, 11) is 1.89. The van der Waals surface area contributed by atoms with Crippen LogP contribution in [0.25, 0.3) is 0 Å². The fourth-order valence-corrected chi connectivity index (χ4v) is 10.3. The Hall–Kier alpha value is -1.80. The summed E-state index contributed by atoms with van der Waals surface area (Å²) in [4.78, 5) is 2.05. The van der Waals surface area contributed by atoms with Gasteiger partial charge in [0.25, 0.3) is 0 Å². The molecule has 4 aliphatic rings. The first kappa shape index (κ1) is 43.3. The molecule has 54 heavy (non-hydrogen) atoms. The van der Waals surface area contributed by atoms with Gasteiger partial charge in [-0.25, -0.2) is 4.39 Å². The smallest absolute Gasteiger partial charge is 0.460 e. The monoisotopic (exact) mass is 789 g/mol. The van der Waals surface area contributed by atoms with Crippen LogP contribution in [0, 0.1) is 23.2 Å². The van der Waals surface area contributed by atoms with Crippen LogP contribution in [0.3, 0.4) is 0 Å². The number of aliphatic hydroxyl groups is 1. The predicted octanol–water partition coefficient (Wildman–Crippen LogP) is 11.3. The number of aliphatic hydroxyl groups excluding tert-OH is 1. The molecule has 1 heterocycles. The SMILES string of the molecule is CN(CCCCCCC(F)(F)C(F)(F)C(F)(F)C(F)(F)F)CCCCC[C@@H]1Cc2cc(OC3CCCCO3)ccc2[C@@H]2[C@@H]1[C@@H]1CC[C@H](O)[C@@]1(C)C[C@]2(C)F. The van der Waals surface area contributed by atoms with Crippen molar-refractivity contribution >= 4 is 0 Å². The van der Waals surface area contributed by atoms with Gasteiger partial charge < -0.3 is 19.5 Å².